The normalized spacial score (nSPS) is 10.3. The highest BCUT2D eigenvalue weighted by molar-refractivity contribution is 6.31. The second kappa shape index (κ2) is 6.68. The number of benzene rings is 1. The summed E-state index contributed by atoms with van der Waals surface area (Å²) in [6.07, 6.45) is 0. The summed E-state index contributed by atoms with van der Waals surface area (Å²) in [5.74, 6) is -0.198. The Labute approximate surface area is 127 Å². The number of halogens is 2. The molecule has 0 unspecified atom stereocenters. The summed E-state index contributed by atoms with van der Waals surface area (Å²) in [5, 5.41) is 8.39. The smallest absolute Gasteiger partial charge is 0.274 e. The summed E-state index contributed by atoms with van der Waals surface area (Å²) in [5.41, 5.74) is 1.16. The van der Waals surface area contributed by atoms with Crippen molar-refractivity contribution in [1.29, 1.82) is 0 Å². The standard InChI is InChI=1S/C14H13Cl2N3O/c1-2-19(9-10-5-3-4-6-11(10)15)14(20)12-7-8-13(16)18-17-12/h3-8H,2,9H2,1H3. The van der Waals surface area contributed by atoms with Crippen LogP contribution in [0.3, 0.4) is 0 Å². The SMILES string of the molecule is CCN(Cc1ccccc1Cl)C(=O)c1ccc(Cl)nn1. The van der Waals surface area contributed by atoms with Gasteiger partial charge in [-0.25, -0.2) is 0 Å². The molecule has 0 aliphatic carbocycles. The molecule has 0 aliphatic rings. The van der Waals surface area contributed by atoms with Gasteiger partial charge in [0.15, 0.2) is 10.8 Å². The van der Waals surface area contributed by atoms with Gasteiger partial charge >= 0.3 is 0 Å². The summed E-state index contributed by atoms with van der Waals surface area (Å²) in [6.45, 7) is 2.88. The Morgan fingerprint density at radius 3 is 2.50 bits per heavy atom. The monoisotopic (exact) mass is 309 g/mol. The fraction of sp³-hybridized carbons (Fsp3) is 0.214. The van der Waals surface area contributed by atoms with Crippen LogP contribution >= 0.6 is 23.2 Å². The maximum absolute atomic E-state index is 12.3. The van der Waals surface area contributed by atoms with E-state index in [1.54, 1.807) is 23.1 Å². The first-order valence-corrected chi connectivity index (χ1v) is 6.89. The Balaban J connectivity index is 2.18. The summed E-state index contributed by atoms with van der Waals surface area (Å²) in [6, 6.07) is 10.6. The predicted octanol–water partition coefficient (Wildman–Crippen LogP) is 3.45. The molecule has 1 aromatic heterocycles. The Kier molecular flexibility index (Phi) is 4.93. The molecular formula is C14H13Cl2N3O. The molecule has 2 rings (SSSR count). The molecule has 20 heavy (non-hydrogen) atoms. The molecule has 2 aromatic rings. The van der Waals surface area contributed by atoms with Crippen LogP contribution in [0.1, 0.15) is 23.0 Å². The average Bonchev–Trinajstić information content (AvgIpc) is 2.46. The van der Waals surface area contributed by atoms with E-state index in [2.05, 4.69) is 10.2 Å². The van der Waals surface area contributed by atoms with E-state index < -0.39 is 0 Å². The van der Waals surface area contributed by atoms with Gasteiger partial charge in [-0.3, -0.25) is 4.79 Å². The molecule has 0 saturated carbocycles. The van der Waals surface area contributed by atoms with Crippen LogP contribution in [0.15, 0.2) is 36.4 Å². The Morgan fingerprint density at radius 2 is 1.90 bits per heavy atom. The Morgan fingerprint density at radius 1 is 1.15 bits per heavy atom. The number of nitrogens with zero attached hydrogens (tertiary/aromatic N) is 3. The van der Waals surface area contributed by atoms with Crippen LogP contribution in [-0.4, -0.2) is 27.5 Å². The van der Waals surface area contributed by atoms with Crippen molar-refractivity contribution in [3.8, 4) is 0 Å². The maximum atomic E-state index is 12.3. The molecule has 0 atom stereocenters. The zero-order valence-corrected chi connectivity index (χ0v) is 12.4. The van der Waals surface area contributed by atoms with Crippen molar-refractivity contribution in [2.75, 3.05) is 6.54 Å². The van der Waals surface area contributed by atoms with Crippen molar-refractivity contribution in [2.24, 2.45) is 0 Å². The molecule has 0 spiro atoms. The number of aromatic nitrogens is 2. The first-order valence-electron chi connectivity index (χ1n) is 6.13. The highest BCUT2D eigenvalue weighted by Crippen LogP contribution is 2.18. The Hall–Kier alpha value is -1.65. The van der Waals surface area contributed by atoms with Gasteiger partial charge in [0, 0.05) is 18.1 Å². The molecule has 1 heterocycles. The fourth-order valence-corrected chi connectivity index (χ4v) is 2.05. The van der Waals surface area contributed by atoms with Crippen LogP contribution in [0.5, 0.6) is 0 Å². The van der Waals surface area contributed by atoms with Crippen LogP contribution in [0.4, 0.5) is 0 Å². The molecule has 1 amide bonds. The van der Waals surface area contributed by atoms with Crippen LogP contribution in [0, 0.1) is 0 Å². The molecule has 6 heteroatoms. The molecule has 0 saturated heterocycles. The Bertz CT molecular complexity index is 602. The van der Waals surface area contributed by atoms with Crippen LogP contribution < -0.4 is 0 Å². The second-order valence-corrected chi connectivity index (χ2v) is 4.95. The largest absolute Gasteiger partial charge is 0.333 e. The lowest BCUT2D eigenvalue weighted by molar-refractivity contribution is 0.0745. The topological polar surface area (TPSA) is 46.1 Å². The molecule has 0 fully saturated rings. The van der Waals surface area contributed by atoms with Gasteiger partial charge in [-0.1, -0.05) is 41.4 Å². The van der Waals surface area contributed by atoms with E-state index in [1.165, 1.54) is 0 Å². The van der Waals surface area contributed by atoms with Gasteiger partial charge in [-0.05, 0) is 30.7 Å². The van der Waals surface area contributed by atoms with Gasteiger partial charge in [0.1, 0.15) is 0 Å². The van der Waals surface area contributed by atoms with Crippen molar-refractivity contribution in [3.63, 3.8) is 0 Å². The van der Waals surface area contributed by atoms with E-state index in [1.807, 2.05) is 25.1 Å². The molecular weight excluding hydrogens is 297 g/mol. The number of carbonyl (C=O) groups excluding carboxylic acids is 1. The fourth-order valence-electron chi connectivity index (χ4n) is 1.75. The van der Waals surface area contributed by atoms with Crippen molar-refractivity contribution in [3.05, 3.63) is 57.8 Å². The zero-order valence-electron chi connectivity index (χ0n) is 10.9. The van der Waals surface area contributed by atoms with Crippen LogP contribution in [-0.2, 0) is 6.54 Å². The molecule has 0 N–H and O–H groups in total. The van der Waals surface area contributed by atoms with Crippen molar-refractivity contribution < 1.29 is 4.79 Å². The molecule has 0 radical (unpaired) electrons. The van der Waals surface area contributed by atoms with Crippen LogP contribution in [0.25, 0.3) is 0 Å². The number of carbonyl (C=O) groups is 1. The highest BCUT2D eigenvalue weighted by Gasteiger charge is 2.17. The van der Waals surface area contributed by atoms with E-state index in [-0.39, 0.29) is 16.8 Å². The number of hydrogen-bond donors (Lipinski definition) is 0. The highest BCUT2D eigenvalue weighted by atomic mass is 35.5. The van der Waals surface area contributed by atoms with E-state index in [4.69, 9.17) is 23.2 Å². The van der Waals surface area contributed by atoms with Gasteiger partial charge in [-0.2, -0.15) is 0 Å². The molecule has 4 nitrogen and oxygen atoms in total. The van der Waals surface area contributed by atoms with Gasteiger partial charge in [0.2, 0.25) is 0 Å². The number of rotatable bonds is 4. The van der Waals surface area contributed by atoms with E-state index >= 15 is 0 Å². The molecule has 0 bridgehead atoms. The summed E-state index contributed by atoms with van der Waals surface area (Å²) in [4.78, 5) is 14.0. The van der Waals surface area contributed by atoms with Gasteiger partial charge in [0.25, 0.3) is 5.91 Å². The minimum Gasteiger partial charge on any atom is -0.333 e. The third kappa shape index (κ3) is 3.46. The molecule has 0 aliphatic heterocycles. The first kappa shape index (κ1) is 14.8. The van der Waals surface area contributed by atoms with E-state index in [0.717, 1.165) is 5.56 Å². The number of amides is 1. The van der Waals surface area contributed by atoms with Gasteiger partial charge in [-0.15, -0.1) is 10.2 Å². The van der Waals surface area contributed by atoms with Crippen molar-refractivity contribution >= 4 is 29.1 Å². The molecule has 1 aromatic carbocycles. The third-order valence-electron chi connectivity index (χ3n) is 2.84. The molecule has 104 valence electrons. The third-order valence-corrected chi connectivity index (χ3v) is 3.41. The lowest BCUT2D eigenvalue weighted by Gasteiger charge is -2.20. The van der Waals surface area contributed by atoms with Crippen molar-refractivity contribution in [2.45, 2.75) is 13.5 Å². The van der Waals surface area contributed by atoms with Crippen molar-refractivity contribution in [1.82, 2.24) is 15.1 Å². The van der Waals surface area contributed by atoms with Gasteiger partial charge in [0.05, 0.1) is 0 Å². The summed E-state index contributed by atoms with van der Waals surface area (Å²) in [7, 11) is 0. The predicted molar refractivity (Wildman–Crippen MR) is 78.9 cm³/mol. The van der Waals surface area contributed by atoms with Crippen LogP contribution in [0.2, 0.25) is 10.2 Å². The first-order chi connectivity index (χ1) is 9.61. The van der Waals surface area contributed by atoms with E-state index in [0.29, 0.717) is 18.1 Å². The zero-order chi connectivity index (χ0) is 14.5. The minimum atomic E-state index is -0.198. The summed E-state index contributed by atoms with van der Waals surface area (Å²) < 4.78 is 0. The quantitative estimate of drug-likeness (QED) is 0.869. The van der Waals surface area contributed by atoms with E-state index in [9.17, 15) is 4.79 Å². The average molecular weight is 310 g/mol. The summed E-state index contributed by atoms with van der Waals surface area (Å²) >= 11 is 11.8. The minimum absolute atomic E-state index is 0.198. The lowest BCUT2D eigenvalue weighted by Crippen LogP contribution is -2.31. The second-order valence-electron chi connectivity index (χ2n) is 4.15. The lowest BCUT2D eigenvalue weighted by atomic mass is 10.2. The maximum Gasteiger partial charge on any atom is 0.274 e. The number of hydrogen-bond acceptors (Lipinski definition) is 3. The van der Waals surface area contributed by atoms with Gasteiger partial charge < -0.3 is 4.90 Å².